The van der Waals surface area contributed by atoms with Crippen molar-refractivity contribution in [1.82, 2.24) is 14.8 Å². The number of likely N-dealkylation sites (tertiary alicyclic amines) is 1. The van der Waals surface area contributed by atoms with Crippen LogP contribution in [0, 0.1) is 0 Å². The third-order valence-electron chi connectivity index (χ3n) is 4.84. The zero-order valence-corrected chi connectivity index (χ0v) is 14.0. The number of aromatic amines is 1. The molecular formula is C18H25N3S. The van der Waals surface area contributed by atoms with Gasteiger partial charge in [-0.3, -0.25) is 9.80 Å². The van der Waals surface area contributed by atoms with E-state index >= 15 is 0 Å². The van der Waals surface area contributed by atoms with Gasteiger partial charge in [-0.25, -0.2) is 0 Å². The Morgan fingerprint density at radius 1 is 0.909 bits per heavy atom. The molecule has 3 nitrogen and oxygen atoms in total. The highest BCUT2D eigenvalue weighted by Crippen LogP contribution is 2.21. The molecule has 0 saturated carbocycles. The van der Waals surface area contributed by atoms with Crippen LogP contribution in [0.15, 0.2) is 24.3 Å². The smallest absolute Gasteiger partial charge is 0.0456 e. The normalized spacial score (nSPS) is 20.9. The number of rotatable bonds is 4. The van der Waals surface area contributed by atoms with Crippen LogP contribution in [0.4, 0.5) is 0 Å². The third-order valence-corrected chi connectivity index (χ3v) is 5.79. The monoisotopic (exact) mass is 315 g/mol. The second-order valence-electron chi connectivity index (χ2n) is 6.59. The number of nitrogens with one attached hydrogen (secondary N) is 1. The van der Waals surface area contributed by atoms with Gasteiger partial charge in [0.1, 0.15) is 0 Å². The van der Waals surface area contributed by atoms with Gasteiger partial charge in [-0.15, -0.1) is 0 Å². The van der Waals surface area contributed by atoms with Crippen molar-refractivity contribution in [3.8, 4) is 0 Å². The molecule has 2 saturated heterocycles. The largest absolute Gasteiger partial charge is 0.357 e. The summed E-state index contributed by atoms with van der Waals surface area (Å²) in [6.45, 7) is 7.16. The third kappa shape index (κ3) is 3.34. The number of hydrogen-bond donors (Lipinski definition) is 1. The lowest BCUT2D eigenvalue weighted by Crippen LogP contribution is -2.31. The molecule has 4 rings (SSSR count). The maximum Gasteiger partial charge on any atom is 0.0456 e. The minimum absolute atomic E-state index is 1.08. The molecule has 0 aliphatic carbocycles. The fourth-order valence-electron chi connectivity index (χ4n) is 3.62. The van der Waals surface area contributed by atoms with Gasteiger partial charge in [0.2, 0.25) is 0 Å². The van der Waals surface area contributed by atoms with Gasteiger partial charge in [0, 0.05) is 54.3 Å². The number of aromatic nitrogens is 1. The first-order valence-corrected chi connectivity index (χ1v) is 9.65. The Labute approximate surface area is 137 Å². The summed E-state index contributed by atoms with van der Waals surface area (Å²) >= 11 is 2.08. The molecule has 0 atom stereocenters. The highest BCUT2D eigenvalue weighted by molar-refractivity contribution is 7.99. The first-order chi connectivity index (χ1) is 10.9. The average molecular weight is 315 g/mol. The molecule has 1 aromatic heterocycles. The Bertz CT molecular complexity index is 624. The number of thioether (sulfide) groups is 1. The molecule has 1 N–H and O–H groups in total. The van der Waals surface area contributed by atoms with Crippen molar-refractivity contribution in [2.75, 3.05) is 37.7 Å². The van der Waals surface area contributed by atoms with E-state index in [0.29, 0.717) is 0 Å². The number of benzene rings is 1. The van der Waals surface area contributed by atoms with Gasteiger partial charge in [-0.1, -0.05) is 6.07 Å². The first-order valence-electron chi connectivity index (χ1n) is 8.50. The molecule has 0 spiro atoms. The number of H-pyrrole nitrogens is 1. The highest BCUT2D eigenvalue weighted by atomic mass is 32.2. The minimum atomic E-state index is 1.08. The Morgan fingerprint density at radius 2 is 1.68 bits per heavy atom. The fraction of sp³-hybridized carbons (Fsp3) is 0.556. The van der Waals surface area contributed by atoms with Crippen molar-refractivity contribution in [2.24, 2.45) is 0 Å². The second kappa shape index (κ2) is 6.65. The molecule has 22 heavy (non-hydrogen) atoms. The number of hydrogen-bond acceptors (Lipinski definition) is 3. The highest BCUT2D eigenvalue weighted by Gasteiger charge is 2.14. The molecule has 2 fully saturated rings. The summed E-state index contributed by atoms with van der Waals surface area (Å²) in [5, 5.41) is 1.37. The fourth-order valence-corrected chi connectivity index (χ4v) is 4.60. The molecule has 4 heteroatoms. The van der Waals surface area contributed by atoms with Crippen LogP contribution < -0.4 is 0 Å². The van der Waals surface area contributed by atoms with Crippen LogP contribution in [0.1, 0.15) is 24.1 Å². The van der Waals surface area contributed by atoms with Crippen molar-refractivity contribution in [1.29, 1.82) is 0 Å². The molecule has 2 aromatic rings. The Kier molecular flexibility index (Phi) is 4.42. The van der Waals surface area contributed by atoms with E-state index in [1.54, 1.807) is 0 Å². The van der Waals surface area contributed by atoms with Crippen molar-refractivity contribution >= 4 is 22.7 Å². The van der Waals surface area contributed by atoms with Crippen LogP contribution in [0.5, 0.6) is 0 Å². The number of nitrogens with zero attached hydrogens (tertiary/aromatic N) is 2. The van der Waals surface area contributed by atoms with E-state index in [4.69, 9.17) is 0 Å². The lowest BCUT2D eigenvalue weighted by atomic mass is 10.1. The summed E-state index contributed by atoms with van der Waals surface area (Å²) in [5.41, 5.74) is 4.10. The maximum atomic E-state index is 3.59. The number of fused-ring (bicyclic) bond motifs is 1. The first kappa shape index (κ1) is 14.6. The summed E-state index contributed by atoms with van der Waals surface area (Å²) in [4.78, 5) is 8.73. The average Bonchev–Trinajstić information content (AvgIpc) is 3.17. The molecule has 0 radical (unpaired) electrons. The molecule has 3 heterocycles. The minimum Gasteiger partial charge on any atom is -0.357 e. The summed E-state index contributed by atoms with van der Waals surface area (Å²) in [5.74, 6) is 2.57. The van der Waals surface area contributed by atoms with Crippen molar-refractivity contribution in [3.63, 3.8) is 0 Å². The summed E-state index contributed by atoms with van der Waals surface area (Å²) in [7, 11) is 0. The van der Waals surface area contributed by atoms with Crippen LogP contribution in [-0.2, 0) is 13.1 Å². The Balaban J connectivity index is 1.47. The van der Waals surface area contributed by atoms with Gasteiger partial charge in [-0.05, 0) is 49.7 Å². The molecule has 2 aliphatic rings. The van der Waals surface area contributed by atoms with Crippen molar-refractivity contribution in [3.05, 3.63) is 35.5 Å². The Morgan fingerprint density at radius 3 is 2.50 bits per heavy atom. The standard InChI is InChI=1S/C18H25N3S/c1-2-6-20(5-1)14-17-12-16-11-15(3-4-18(16)19-17)13-21-7-9-22-10-8-21/h3-4,11-12,19H,1-2,5-10,13-14H2. The van der Waals surface area contributed by atoms with E-state index in [9.17, 15) is 0 Å². The lowest BCUT2D eigenvalue weighted by Gasteiger charge is -2.26. The van der Waals surface area contributed by atoms with Crippen LogP contribution >= 0.6 is 11.8 Å². The SMILES string of the molecule is c1cc2[nH]c(CN3CCCC3)cc2cc1CN1CCSCC1. The molecule has 0 unspecified atom stereocenters. The zero-order valence-electron chi connectivity index (χ0n) is 13.2. The van der Waals surface area contributed by atoms with Crippen LogP contribution in [0.25, 0.3) is 10.9 Å². The van der Waals surface area contributed by atoms with E-state index in [2.05, 4.69) is 50.8 Å². The lowest BCUT2D eigenvalue weighted by molar-refractivity contribution is 0.295. The Hall–Kier alpha value is -0.970. The summed E-state index contributed by atoms with van der Waals surface area (Å²) in [6, 6.07) is 9.28. The molecular weight excluding hydrogens is 290 g/mol. The molecule has 118 valence electrons. The van der Waals surface area contributed by atoms with Gasteiger partial charge in [0.05, 0.1) is 0 Å². The van der Waals surface area contributed by atoms with Gasteiger partial charge < -0.3 is 4.98 Å². The van der Waals surface area contributed by atoms with E-state index in [0.717, 1.165) is 13.1 Å². The van der Waals surface area contributed by atoms with Crippen molar-refractivity contribution < 1.29 is 0 Å². The molecule has 2 aliphatic heterocycles. The predicted molar refractivity (Wildman–Crippen MR) is 95.4 cm³/mol. The molecule has 0 amide bonds. The summed E-state index contributed by atoms with van der Waals surface area (Å²) < 4.78 is 0. The maximum absolute atomic E-state index is 3.59. The van der Waals surface area contributed by atoms with E-state index < -0.39 is 0 Å². The second-order valence-corrected chi connectivity index (χ2v) is 7.81. The van der Waals surface area contributed by atoms with E-state index in [1.807, 2.05) is 0 Å². The topological polar surface area (TPSA) is 22.3 Å². The van der Waals surface area contributed by atoms with Crippen LogP contribution in [0.2, 0.25) is 0 Å². The molecule has 1 aromatic carbocycles. The molecule has 0 bridgehead atoms. The van der Waals surface area contributed by atoms with Crippen molar-refractivity contribution in [2.45, 2.75) is 25.9 Å². The van der Waals surface area contributed by atoms with Gasteiger partial charge in [0.15, 0.2) is 0 Å². The van der Waals surface area contributed by atoms with Gasteiger partial charge in [0.25, 0.3) is 0 Å². The van der Waals surface area contributed by atoms with E-state index in [-0.39, 0.29) is 0 Å². The van der Waals surface area contributed by atoms with Gasteiger partial charge in [-0.2, -0.15) is 11.8 Å². The predicted octanol–water partition coefficient (Wildman–Crippen LogP) is 3.31. The zero-order chi connectivity index (χ0) is 14.8. The van der Waals surface area contributed by atoms with E-state index in [1.165, 1.54) is 72.7 Å². The van der Waals surface area contributed by atoms with Gasteiger partial charge >= 0.3 is 0 Å². The summed E-state index contributed by atoms with van der Waals surface area (Å²) in [6.07, 6.45) is 2.72. The van der Waals surface area contributed by atoms with Crippen LogP contribution in [0.3, 0.4) is 0 Å². The van der Waals surface area contributed by atoms with Crippen LogP contribution in [-0.4, -0.2) is 52.5 Å². The quantitative estimate of drug-likeness (QED) is 0.936.